The highest BCUT2D eigenvalue weighted by Gasteiger charge is 2.09. The van der Waals surface area contributed by atoms with Crippen LogP contribution in [0.5, 0.6) is 0 Å². The van der Waals surface area contributed by atoms with E-state index < -0.39 is 0 Å². The van der Waals surface area contributed by atoms with E-state index in [-0.39, 0.29) is 11.7 Å². The van der Waals surface area contributed by atoms with Crippen LogP contribution in [0.15, 0.2) is 18.2 Å². The summed E-state index contributed by atoms with van der Waals surface area (Å²) in [5.41, 5.74) is 1.08. The van der Waals surface area contributed by atoms with Crippen LogP contribution in [0.4, 0.5) is 4.39 Å². The molecule has 0 atom stereocenters. The summed E-state index contributed by atoms with van der Waals surface area (Å²) in [5, 5.41) is 2.85. The average Bonchev–Trinajstić information content (AvgIpc) is 2.71. The van der Waals surface area contributed by atoms with Gasteiger partial charge >= 0.3 is 0 Å². The third-order valence-corrected chi connectivity index (χ3v) is 3.35. The van der Waals surface area contributed by atoms with E-state index >= 15 is 0 Å². The number of hydrogen-bond donors (Lipinski definition) is 2. The van der Waals surface area contributed by atoms with Crippen molar-refractivity contribution in [3.05, 3.63) is 28.8 Å². The molecule has 108 valence electrons. The van der Waals surface area contributed by atoms with E-state index in [1.807, 2.05) is 13.8 Å². The van der Waals surface area contributed by atoms with Crippen molar-refractivity contribution in [3.63, 3.8) is 0 Å². The molecule has 4 nitrogen and oxygen atoms in total. The van der Waals surface area contributed by atoms with Crippen LogP contribution in [0.25, 0.3) is 11.0 Å². The first-order chi connectivity index (χ1) is 9.49. The number of para-hydroxylation sites is 1. The van der Waals surface area contributed by atoms with E-state index in [0.29, 0.717) is 41.2 Å². The summed E-state index contributed by atoms with van der Waals surface area (Å²) < 4.78 is 15.8. The minimum atomic E-state index is -0.336. The Bertz CT molecular complexity index is 675. The maximum atomic E-state index is 13.6. The van der Waals surface area contributed by atoms with Crippen molar-refractivity contribution in [3.8, 4) is 0 Å². The molecule has 1 aromatic heterocycles. The predicted molar refractivity (Wildman–Crippen MR) is 79.5 cm³/mol. The molecule has 0 spiro atoms. The Labute approximate surface area is 122 Å². The summed E-state index contributed by atoms with van der Waals surface area (Å²) in [6.07, 6.45) is 0.324. The van der Waals surface area contributed by atoms with Crippen molar-refractivity contribution in [2.45, 2.75) is 26.8 Å². The standard InChI is InChI=1S/C14H18FN3OS/c1-9(2)8-16-12(19)6-7-18-11-5-3-4-10(15)13(11)17-14(18)20/h3-5,9H,6-8H2,1-2H3,(H,16,19)(H,17,20). The molecule has 0 aliphatic carbocycles. The second-order valence-corrected chi connectivity index (χ2v) is 5.55. The van der Waals surface area contributed by atoms with Crippen molar-refractivity contribution in [1.82, 2.24) is 14.9 Å². The SMILES string of the molecule is CC(C)CNC(=O)CCn1c(=S)[nH]c2c(F)cccc21. The summed E-state index contributed by atoms with van der Waals surface area (Å²) in [7, 11) is 0. The Hall–Kier alpha value is -1.69. The van der Waals surface area contributed by atoms with Gasteiger partial charge in [-0.3, -0.25) is 4.79 Å². The molecule has 6 heteroatoms. The van der Waals surface area contributed by atoms with Gasteiger partial charge in [-0.2, -0.15) is 0 Å². The van der Waals surface area contributed by atoms with Gasteiger partial charge in [0, 0.05) is 19.5 Å². The Morgan fingerprint density at radius 3 is 2.95 bits per heavy atom. The summed E-state index contributed by atoms with van der Waals surface area (Å²) in [6.45, 7) is 5.18. The predicted octanol–water partition coefficient (Wildman–Crippen LogP) is 3.00. The fraction of sp³-hybridized carbons (Fsp3) is 0.429. The van der Waals surface area contributed by atoms with E-state index in [4.69, 9.17) is 12.2 Å². The summed E-state index contributed by atoms with van der Waals surface area (Å²) in [5.74, 6) is 0.0614. The van der Waals surface area contributed by atoms with E-state index in [9.17, 15) is 9.18 Å². The van der Waals surface area contributed by atoms with Gasteiger partial charge in [0.2, 0.25) is 5.91 Å². The maximum Gasteiger partial charge on any atom is 0.221 e. The van der Waals surface area contributed by atoms with Gasteiger partial charge in [-0.25, -0.2) is 4.39 Å². The maximum absolute atomic E-state index is 13.6. The van der Waals surface area contributed by atoms with Gasteiger partial charge in [-0.05, 0) is 30.3 Å². The molecule has 1 aromatic carbocycles. The molecule has 2 rings (SSSR count). The number of aromatic amines is 1. The number of carbonyl (C=O) groups is 1. The Balaban J connectivity index is 2.11. The first-order valence-corrected chi connectivity index (χ1v) is 7.03. The molecule has 1 heterocycles. The number of halogens is 1. The van der Waals surface area contributed by atoms with Gasteiger partial charge in [0.05, 0.1) is 5.52 Å². The second kappa shape index (κ2) is 6.17. The fourth-order valence-electron chi connectivity index (χ4n) is 1.99. The molecule has 0 radical (unpaired) electrons. The first kappa shape index (κ1) is 14.7. The van der Waals surface area contributed by atoms with Crippen LogP contribution < -0.4 is 5.32 Å². The van der Waals surface area contributed by atoms with Gasteiger partial charge in [-0.15, -0.1) is 0 Å². The summed E-state index contributed by atoms with van der Waals surface area (Å²) in [4.78, 5) is 14.6. The number of amides is 1. The number of benzene rings is 1. The van der Waals surface area contributed by atoms with Crippen LogP contribution >= 0.6 is 12.2 Å². The van der Waals surface area contributed by atoms with Crippen molar-refractivity contribution in [2.24, 2.45) is 5.92 Å². The van der Waals surface area contributed by atoms with Gasteiger partial charge in [0.25, 0.3) is 0 Å². The lowest BCUT2D eigenvalue weighted by atomic mass is 10.2. The van der Waals surface area contributed by atoms with Crippen LogP contribution in [0, 0.1) is 16.5 Å². The third kappa shape index (κ3) is 3.25. The van der Waals surface area contributed by atoms with Gasteiger partial charge in [0.15, 0.2) is 4.77 Å². The topological polar surface area (TPSA) is 49.8 Å². The number of imidazole rings is 1. The van der Waals surface area contributed by atoms with Crippen molar-refractivity contribution in [2.75, 3.05) is 6.54 Å². The Morgan fingerprint density at radius 1 is 1.50 bits per heavy atom. The Kier molecular flexibility index (Phi) is 4.54. The average molecular weight is 295 g/mol. The zero-order valence-electron chi connectivity index (χ0n) is 11.6. The Morgan fingerprint density at radius 2 is 2.25 bits per heavy atom. The number of nitrogens with one attached hydrogen (secondary N) is 2. The van der Waals surface area contributed by atoms with Gasteiger partial charge in [-0.1, -0.05) is 19.9 Å². The van der Waals surface area contributed by atoms with E-state index in [0.717, 1.165) is 0 Å². The summed E-state index contributed by atoms with van der Waals surface area (Å²) >= 11 is 5.18. The lowest BCUT2D eigenvalue weighted by Crippen LogP contribution is -2.28. The lowest BCUT2D eigenvalue weighted by molar-refractivity contribution is -0.121. The highest BCUT2D eigenvalue weighted by atomic mass is 32.1. The molecule has 0 unspecified atom stereocenters. The second-order valence-electron chi connectivity index (χ2n) is 5.16. The number of fused-ring (bicyclic) bond motifs is 1. The first-order valence-electron chi connectivity index (χ1n) is 6.62. The van der Waals surface area contributed by atoms with Gasteiger partial charge in [0.1, 0.15) is 11.3 Å². The van der Waals surface area contributed by atoms with E-state index in [1.54, 1.807) is 16.7 Å². The molecule has 0 saturated carbocycles. The fourth-order valence-corrected chi connectivity index (χ4v) is 2.28. The van der Waals surface area contributed by atoms with Crippen molar-refractivity contribution < 1.29 is 9.18 Å². The largest absolute Gasteiger partial charge is 0.356 e. The molecule has 1 amide bonds. The molecule has 20 heavy (non-hydrogen) atoms. The van der Waals surface area contributed by atoms with Gasteiger partial charge < -0.3 is 14.9 Å². The lowest BCUT2D eigenvalue weighted by Gasteiger charge is -2.08. The normalized spacial score (nSPS) is 11.2. The van der Waals surface area contributed by atoms with Crippen LogP contribution in [-0.2, 0) is 11.3 Å². The molecule has 2 aromatic rings. The molecular weight excluding hydrogens is 277 g/mol. The highest BCUT2D eigenvalue weighted by molar-refractivity contribution is 7.71. The number of carbonyl (C=O) groups excluding carboxylic acids is 1. The third-order valence-electron chi connectivity index (χ3n) is 3.03. The van der Waals surface area contributed by atoms with E-state index in [1.165, 1.54) is 6.07 Å². The number of rotatable bonds is 5. The molecule has 0 aliphatic rings. The molecule has 0 bridgehead atoms. The van der Waals surface area contributed by atoms with E-state index in [2.05, 4.69) is 10.3 Å². The smallest absolute Gasteiger partial charge is 0.221 e. The number of aryl methyl sites for hydroxylation is 1. The molecular formula is C14H18FN3OS. The minimum absolute atomic E-state index is 0.0219. The zero-order chi connectivity index (χ0) is 14.7. The molecule has 0 saturated heterocycles. The number of aromatic nitrogens is 2. The number of hydrogen-bond acceptors (Lipinski definition) is 2. The van der Waals surface area contributed by atoms with Crippen molar-refractivity contribution in [1.29, 1.82) is 0 Å². The van der Waals surface area contributed by atoms with Crippen LogP contribution in [0.3, 0.4) is 0 Å². The van der Waals surface area contributed by atoms with Crippen LogP contribution in [0.1, 0.15) is 20.3 Å². The molecule has 2 N–H and O–H groups in total. The van der Waals surface area contributed by atoms with Crippen LogP contribution in [0.2, 0.25) is 0 Å². The quantitative estimate of drug-likeness (QED) is 0.833. The molecule has 0 aliphatic heterocycles. The molecule has 0 fully saturated rings. The zero-order valence-corrected chi connectivity index (χ0v) is 12.4. The highest BCUT2D eigenvalue weighted by Crippen LogP contribution is 2.17. The monoisotopic (exact) mass is 295 g/mol. The summed E-state index contributed by atoms with van der Waals surface area (Å²) in [6, 6.07) is 4.81. The minimum Gasteiger partial charge on any atom is -0.356 e. The van der Waals surface area contributed by atoms with Crippen molar-refractivity contribution >= 4 is 29.2 Å². The number of H-pyrrole nitrogens is 1. The number of nitrogens with zero attached hydrogens (tertiary/aromatic N) is 1. The van der Waals surface area contributed by atoms with Crippen LogP contribution in [-0.4, -0.2) is 22.0 Å².